The quantitative estimate of drug-likeness (QED) is 0.701. The second-order valence-electron chi connectivity index (χ2n) is 7.48. The zero-order valence-corrected chi connectivity index (χ0v) is 18.6. The number of piperidine rings is 1. The SMILES string of the molecule is COc1ccc(OC)c(S(=O)(=O)N2CCC(C(=O)N[C@@H](C)c3ccc(F)cc3)CC2)c1. The van der Waals surface area contributed by atoms with E-state index in [1.165, 1.54) is 36.7 Å². The highest BCUT2D eigenvalue weighted by molar-refractivity contribution is 7.89. The number of rotatable bonds is 7. The maximum atomic E-state index is 13.2. The van der Waals surface area contributed by atoms with Crippen LogP contribution in [0.4, 0.5) is 4.39 Å². The van der Waals surface area contributed by atoms with Gasteiger partial charge in [-0.1, -0.05) is 12.1 Å². The van der Waals surface area contributed by atoms with Crippen molar-refractivity contribution in [2.45, 2.75) is 30.7 Å². The van der Waals surface area contributed by atoms with Crippen LogP contribution in [0.15, 0.2) is 47.4 Å². The van der Waals surface area contributed by atoms with Gasteiger partial charge in [0.2, 0.25) is 15.9 Å². The largest absolute Gasteiger partial charge is 0.497 e. The summed E-state index contributed by atoms with van der Waals surface area (Å²) in [7, 11) is -0.912. The third-order valence-corrected chi connectivity index (χ3v) is 7.46. The number of nitrogens with one attached hydrogen (secondary N) is 1. The van der Waals surface area contributed by atoms with Crippen molar-refractivity contribution in [3.8, 4) is 11.5 Å². The Kier molecular flexibility index (Phi) is 7.17. The van der Waals surface area contributed by atoms with Crippen LogP contribution in [0, 0.1) is 11.7 Å². The molecule has 0 radical (unpaired) electrons. The molecule has 0 unspecified atom stereocenters. The van der Waals surface area contributed by atoms with Crippen molar-refractivity contribution < 1.29 is 27.1 Å². The molecule has 0 aliphatic carbocycles. The van der Waals surface area contributed by atoms with Crippen molar-refractivity contribution >= 4 is 15.9 Å². The molecule has 1 aliphatic rings. The maximum Gasteiger partial charge on any atom is 0.246 e. The van der Waals surface area contributed by atoms with Gasteiger partial charge in [-0.2, -0.15) is 4.31 Å². The van der Waals surface area contributed by atoms with Gasteiger partial charge >= 0.3 is 0 Å². The van der Waals surface area contributed by atoms with E-state index in [0.29, 0.717) is 18.6 Å². The summed E-state index contributed by atoms with van der Waals surface area (Å²) >= 11 is 0. The first kappa shape index (κ1) is 23.0. The highest BCUT2D eigenvalue weighted by atomic mass is 32.2. The molecule has 7 nitrogen and oxygen atoms in total. The van der Waals surface area contributed by atoms with Gasteiger partial charge in [0, 0.05) is 25.1 Å². The lowest BCUT2D eigenvalue weighted by Gasteiger charge is -2.31. The number of sulfonamides is 1. The summed E-state index contributed by atoms with van der Waals surface area (Å²) in [5, 5.41) is 2.94. The Labute approximate surface area is 182 Å². The number of carbonyl (C=O) groups excluding carboxylic acids is 1. The Morgan fingerprint density at radius 2 is 1.74 bits per heavy atom. The Balaban J connectivity index is 1.64. The van der Waals surface area contributed by atoms with E-state index in [-0.39, 0.29) is 47.4 Å². The van der Waals surface area contributed by atoms with Gasteiger partial charge in [-0.3, -0.25) is 4.79 Å². The third-order valence-electron chi connectivity index (χ3n) is 5.54. The van der Waals surface area contributed by atoms with Gasteiger partial charge in [-0.25, -0.2) is 12.8 Å². The van der Waals surface area contributed by atoms with Crippen LogP contribution in [-0.4, -0.2) is 45.9 Å². The average Bonchev–Trinajstić information content (AvgIpc) is 2.79. The Morgan fingerprint density at radius 3 is 2.32 bits per heavy atom. The summed E-state index contributed by atoms with van der Waals surface area (Å²) in [6, 6.07) is 10.4. The lowest BCUT2D eigenvalue weighted by atomic mass is 9.96. The van der Waals surface area contributed by atoms with E-state index in [9.17, 15) is 17.6 Å². The molecule has 2 aromatic rings. The van der Waals surface area contributed by atoms with Gasteiger partial charge in [-0.05, 0) is 49.6 Å². The molecule has 1 amide bonds. The van der Waals surface area contributed by atoms with E-state index < -0.39 is 10.0 Å². The van der Waals surface area contributed by atoms with Crippen LogP contribution in [0.2, 0.25) is 0 Å². The van der Waals surface area contributed by atoms with Crippen molar-refractivity contribution in [2.75, 3.05) is 27.3 Å². The molecule has 0 spiro atoms. The minimum absolute atomic E-state index is 0.0437. The zero-order chi connectivity index (χ0) is 22.6. The summed E-state index contributed by atoms with van der Waals surface area (Å²) in [6.45, 7) is 2.29. The normalized spacial score (nSPS) is 16.5. The molecular formula is C22H27FN2O5S. The number of hydrogen-bond acceptors (Lipinski definition) is 5. The van der Waals surface area contributed by atoms with Crippen LogP contribution in [0.25, 0.3) is 0 Å². The van der Waals surface area contributed by atoms with Crippen molar-refractivity contribution in [3.05, 3.63) is 53.8 Å². The highest BCUT2D eigenvalue weighted by Gasteiger charge is 2.34. The zero-order valence-electron chi connectivity index (χ0n) is 17.8. The molecule has 1 aliphatic heterocycles. The first-order valence-electron chi connectivity index (χ1n) is 10.0. The van der Waals surface area contributed by atoms with Crippen LogP contribution >= 0.6 is 0 Å². The second kappa shape index (κ2) is 9.65. The number of benzene rings is 2. The Hall–Kier alpha value is -2.65. The average molecular weight is 451 g/mol. The number of halogens is 1. The number of nitrogens with zero attached hydrogens (tertiary/aromatic N) is 1. The number of ether oxygens (including phenoxy) is 2. The molecule has 1 heterocycles. The standard InChI is InChI=1S/C22H27FN2O5S/c1-15(16-4-6-18(23)7-5-16)24-22(26)17-10-12-25(13-11-17)31(27,28)21-14-19(29-2)8-9-20(21)30-3/h4-9,14-15,17H,10-13H2,1-3H3,(H,24,26)/t15-/m0/s1. The fraction of sp³-hybridized carbons (Fsp3) is 0.409. The molecule has 2 aromatic carbocycles. The van der Waals surface area contributed by atoms with Gasteiger partial charge in [0.1, 0.15) is 22.2 Å². The predicted octanol–water partition coefficient (Wildman–Crippen LogP) is 3.12. The number of carbonyl (C=O) groups is 1. The number of hydrogen-bond donors (Lipinski definition) is 1. The minimum Gasteiger partial charge on any atom is -0.497 e. The number of methoxy groups -OCH3 is 2. The van der Waals surface area contributed by atoms with E-state index in [2.05, 4.69) is 5.32 Å². The molecular weight excluding hydrogens is 423 g/mol. The lowest BCUT2D eigenvalue weighted by Crippen LogP contribution is -2.43. The predicted molar refractivity (Wildman–Crippen MR) is 114 cm³/mol. The van der Waals surface area contributed by atoms with Crippen molar-refractivity contribution in [1.82, 2.24) is 9.62 Å². The molecule has 9 heteroatoms. The van der Waals surface area contributed by atoms with E-state index >= 15 is 0 Å². The summed E-state index contributed by atoms with van der Waals surface area (Å²) in [6.07, 6.45) is 0.820. The summed E-state index contributed by atoms with van der Waals surface area (Å²) < 4.78 is 51.2. The summed E-state index contributed by atoms with van der Waals surface area (Å²) in [5.41, 5.74) is 0.805. The van der Waals surface area contributed by atoms with Crippen LogP contribution in [0.1, 0.15) is 31.4 Å². The topological polar surface area (TPSA) is 84.9 Å². The first-order chi connectivity index (χ1) is 14.8. The molecule has 3 rings (SSSR count). The maximum absolute atomic E-state index is 13.2. The van der Waals surface area contributed by atoms with Gasteiger partial charge in [0.15, 0.2) is 0 Å². The van der Waals surface area contributed by atoms with Gasteiger partial charge in [0.05, 0.1) is 20.3 Å². The number of amides is 1. The Morgan fingerprint density at radius 1 is 1.10 bits per heavy atom. The highest BCUT2D eigenvalue weighted by Crippen LogP contribution is 2.32. The van der Waals surface area contributed by atoms with Crippen molar-refractivity contribution in [2.24, 2.45) is 5.92 Å². The van der Waals surface area contributed by atoms with E-state index in [4.69, 9.17) is 9.47 Å². The minimum atomic E-state index is -3.80. The van der Waals surface area contributed by atoms with Crippen molar-refractivity contribution in [3.63, 3.8) is 0 Å². The van der Waals surface area contributed by atoms with Crippen LogP contribution in [0.3, 0.4) is 0 Å². The van der Waals surface area contributed by atoms with Gasteiger partial charge < -0.3 is 14.8 Å². The molecule has 1 fully saturated rings. The fourth-order valence-corrected chi connectivity index (χ4v) is 5.29. The molecule has 1 saturated heterocycles. The van der Waals surface area contributed by atoms with Crippen LogP contribution < -0.4 is 14.8 Å². The molecule has 168 valence electrons. The van der Waals surface area contributed by atoms with Crippen LogP contribution in [-0.2, 0) is 14.8 Å². The third kappa shape index (κ3) is 5.16. The first-order valence-corrected chi connectivity index (χ1v) is 11.5. The Bertz CT molecular complexity index is 1020. The lowest BCUT2D eigenvalue weighted by molar-refractivity contribution is -0.126. The molecule has 0 bridgehead atoms. The monoisotopic (exact) mass is 450 g/mol. The van der Waals surface area contributed by atoms with Crippen molar-refractivity contribution in [1.29, 1.82) is 0 Å². The summed E-state index contributed by atoms with van der Waals surface area (Å²) in [4.78, 5) is 12.7. The van der Waals surface area contributed by atoms with E-state index in [1.807, 2.05) is 6.92 Å². The van der Waals surface area contributed by atoms with Crippen LogP contribution in [0.5, 0.6) is 11.5 Å². The molecule has 0 saturated carbocycles. The van der Waals surface area contributed by atoms with Gasteiger partial charge in [-0.15, -0.1) is 0 Å². The molecule has 1 atom stereocenters. The van der Waals surface area contributed by atoms with Gasteiger partial charge in [0.25, 0.3) is 0 Å². The van der Waals surface area contributed by atoms with E-state index in [1.54, 1.807) is 24.3 Å². The molecule has 0 aromatic heterocycles. The fourth-order valence-electron chi connectivity index (χ4n) is 3.65. The van der Waals surface area contributed by atoms with E-state index in [0.717, 1.165) is 5.56 Å². The smallest absolute Gasteiger partial charge is 0.246 e. The second-order valence-corrected chi connectivity index (χ2v) is 9.38. The summed E-state index contributed by atoms with van der Waals surface area (Å²) in [5.74, 6) is -0.0879. The molecule has 1 N–H and O–H groups in total. The molecule has 31 heavy (non-hydrogen) atoms.